The van der Waals surface area contributed by atoms with Crippen LogP contribution in [0, 0.1) is 5.41 Å². The first-order chi connectivity index (χ1) is 24.7. The number of nitrogens with one attached hydrogen (secondary N) is 1. The third-order valence-corrected chi connectivity index (χ3v) is 10.3. The zero-order chi connectivity index (χ0) is 35.3. The van der Waals surface area contributed by atoms with E-state index in [1.807, 2.05) is 78.2 Å². The quantitative estimate of drug-likeness (QED) is 0.249. The maximum absolute atomic E-state index is 14.0. The normalized spacial score (nSPS) is 19.5. The molecule has 6 heterocycles. The Kier molecular flexibility index (Phi) is 8.29. The number of aromatic nitrogens is 5. The number of benzene rings is 2. The van der Waals surface area contributed by atoms with E-state index >= 15 is 0 Å². The molecule has 0 bridgehead atoms. The molecule has 0 saturated carbocycles. The Hall–Kier alpha value is -5.56. The summed E-state index contributed by atoms with van der Waals surface area (Å²) in [5, 5.41) is 12.7. The molecule has 5 aromatic rings. The van der Waals surface area contributed by atoms with E-state index in [2.05, 4.69) is 31.3 Å². The van der Waals surface area contributed by atoms with Crippen molar-refractivity contribution in [1.29, 1.82) is 0 Å². The molecule has 3 aromatic heterocycles. The summed E-state index contributed by atoms with van der Waals surface area (Å²) in [5.74, 6) is 0.566. The van der Waals surface area contributed by atoms with Gasteiger partial charge >= 0.3 is 5.76 Å². The Labute approximate surface area is 294 Å². The van der Waals surface area contributed by atoms with Crippen LogP contribution in [0.25, 0.3) is 39.2 Å². The van der Waals surface area contributed by atoms with Gasteiger partial charge in [-0.1, -0.05) is 18.2 Å². The summed E-state index contributed by atoms with van der Waals surface area (Å²) in [6.07, 6.45) is 6.16. The maximum atomic E-state index is 14.0. The summed E-state index contributed by atoms with van der Waals surface area (Å²) in [4.78, 5) is 49.5. The summed E-state index contributed by atoms with van der Waals surface area (Å²) < 4.78 is 12.0. The SMILES string of the molecule is CC(C)Oc1ccc(-c2n[nH]c3ccc(N4CC[C@]5(CCN(CC(=O)N6CC=C(c7ccc(-c8nn(C)c(=O)o8)cc7)CC6)C5)C4=O)cc23)cn1. The number of likely N-dealkylation sites (tertiary alicyclic amines) is 1. The lowest BCUT2D eigenvalue weighted by molar-refractivity contribution is -0.132. The third-order valence-electron chi connectivity index (χ3n) is 10.3. The minimum Gasteiger partial charge on any atom is -0.475 e. The van der Waals surface area contributed by atoms with Crippen molar-refractivity contribution >= 4 is 34.0 Å². The number of pyridine rings is 1. The number of amides is 2. The molecular formula is C38H40N8O5. The maximum Gasteiger partial charge on any atom is 0.437 e. The second kappa shape index (κ2) is 13.0. The second-order valence-electron chi connectivity index (χ2n) is 14.0. The summed E-state index contributed by atoms with van der Waals surface area (Å²) in [7, 11) is 1.55. The molecule has 1 atom stereocenters. The Balaban J connectivity index is 0.887. The van der Waals surface area contributed by atoms with E-state index in [4.69, 9.17) is 9.15 Å². The Morgan fingerprint density at radius 2 is 1.78 bits per heavy atom. The number of carbonyl (C=O) groups is 2. The van der Waals surface area contributed by atoms with E-state index in [0.29, 0.717) is 38.6 Å². The Morgan fingerprint density at radius 1 is 1.00 bits per heavy atom. The topological polar surface area (TPSA) is 143 Å². The van der Waals surface area contributed by atoms with Crippen molar-refractivity contribution in [3.63, 3.8) is 0 Å². The predicted octanol–water partition coefficient (Wildman–Crippen LogP) is 4.51. The van der Waals surface area contributed by atoms with Crippen LogP contribution in [-0.2, 0) is 16.6 Å². The van der Waals surface area contributed by atoms with Crippen LogP contribution in [0.15, 0.2) is 76.1 Å². The summed E-state index contributed by atoms with van der Waals surface area (Å²) in [6.45, 7) is 7.36. The zero-order valence-corrected chi connectivity index (χ0v) is 29.0. The fourth-order valence-electron chi connectivity index (χ4n) is 7.50. The molecule has 13 nitrogen and oxygen atoms in total. The number of carbonyl (C=O) groups excluding carboxylic acids is 2. The molecule has 2 fully saturated rings. The number of aromatic amines is 1. The number of nitrogens with zero attached hydrogens (tertiary/aromatic N) is 7. The first-order valence-electron chi connectivity index (χ1n) is 17.4. The van der Waals surface area contributed by atoms with E-state index in [1.165, 1.54) is 10.3 Å². The fourth-order valence-corrected chi connectivity index (χ4v) is 7.50. The minimum atomic E-state index is -0.498. The molecule has 2 saturated heterocycles. The molecular weight excluding hydrogens is 648 g/mol. The van der Waals surface area contributed by atoms with Crippen molar-refractivity contribution in [3.8, 4) is 28.6 Å². The van der Waals surface area contributed by atoms with Gasteiger partial charge < -0.3 is 19.0 Å². The molecule has 1 spiro atoms. The highest BCUT2D eigenvalue weighted by molar-refractivity contribution is 6.03. The number of hydrogen-bond donors (Lipinski definition) is 1. The van der Waals surface area contributed by atoms with Gasteiger partial charge in [0.15, 0.2) is 0 Å². The van der Waals surface area contributed by atoms with E-state index in [0.717, 1.165) is 64.8 Å². The van der Waals surface area contributed by atoms with Crippen molar-refractivity contribution in [2.75, 3.05) is 44.2 Å². The van der Waals surface area contributed by atoms with Gasteiger partial charge in [0, 0.05) is 67.7 Å². The van der Waals surface area contributed by atoms with E-state index in [1.54, 1.807) is 13.2 Å². The van der Waals surface area contributed by atoms with Gasteiger partial charge in [0.05, 0.1) is 23.6 Å². The molecule has 1 N–H and O–H groups in total. The highest BCUT2D eigenvalue weighted by Crippen LogP contribution is 2.43. The van der Waals surface area contributed by atoms with E-state index < -0.39 is 11.2 Å². The summed E-state index contributed by atoms with van der Waals surface area (Å²) >= 11 is 0. The standard InChI is InChI=1S/C38H40N8O5/c1-24(2)50-32-11-8-28(21-39-32)34-30-20-29(9-10-31(30)40-41-34)46-19-15-38(36(46)48)14-18-44(23-38)22-33(47)45-16-12-26(13-17-45)25-4-6-27(7-5-25)35-42-43(3)37(49)51-35/h4-12,20-21,24H,13-19,22-23H2,1-3H3,(H,40,41)/t38-/m0/s1. The van der Waals surface area contributed by atoms with Crippen LogP contribution in [0.1, 0.15) is 38.7 Å². The van der Waals surface area contributed by atoms with Gasteiger partial charge in [-0.3, -0.25) is 19.6 Å². The molecule has 3 aliphatic rings. The molecule has 2 amide bonds. The smallest absolute Gasteiger partial charge is 0.437 e. The number of aryl methyl sites for hydroxylation is 1. The number of hydrogen-bond acceptors (Lipinski definition) is 9. The van der Waals surface area contributed by atoms with Gasteiger partial charge in [-0.15, -0.1) is 5.10 Å². The van der Waals surface area contributed by atoms with Gasteiger partial charge in [0.1, 0.15) is 5.69 Å². The van der Waals surface area contributed by atoms with Crippen molar-refractivity contribution in [1.82, 2.24) is 34.8 Å². The van der Waals surface area contributed by atoms with Gasteiger partial charge in [0.2, 0.25) is 23.6 Å². The predicted molar refractivity (Wildman–Crippen MR) is 192 cm³/mol. The number of ether oxygens (including phenoxy) is 1. The molecule has 3 aliphatic heterocycles. The summed E-state index contributed by atoms with van der Waals surface area (Å²) in [5.41, 5.74) is 5.87. The Morgan fingerprint density at radius 3 is 2.49 bits per heavy atom. The van der Waals surface area contributed by atoms with Gasteiger partial charge in [-0.05, 0) is 87.2 Å². The molecule has 262 valence electrons. The minimum absolute atomic E-state index is 0.0384. The van der Waals surface area contributed by atoms with Gasteiger partial charge in [-0.2, -0.15) is 9.78 Å². The van der Waals surface area contributed by atoms with E-state index in [9.17, 15) is 14.4 Å². The van der Waals surface area contributed by atoms with Crippen molar-refractivity contribution in [2.24, 2.45) is 12.5 Å². The number of anilines is 1. The fraction of sp³-hybridized carbons (Fsp3) is 0.368. The molecule has 8 rings (SSSR count). The lowest BCUT2D eigenvalue weighted by atomic mass is 9.85. The lowest BCUT2D eigenvalue weighted by Gasteiger charge is -2.29. The van der Waals surface area contributed by atoms with Crippen LogP contribution in [0.4, 0.5) is 5.69 Å². The molecule has 51 heavy (non-hydrogen) atoms. The first kappa shape index (κ1) is 32.6. The molecule has 13 heteroatoms. The number of rotatable bonds is 8. The van der Waals surface area contributed by atoms with E-state index in [-0.39, 0.29) is 23.8 Å². The first-order valence-corrected chi connectivity index (χ1v) is 17.4. The highest BCUT2D eigenvalue weighted by Gasteiger charge is 2.51. The molecule has 0 radical (unpaired) electrons. The van der Waals surface area contributed by atoms with Gasteiger partial charge in [-0.25, -0.2) is 9.78 Å². The highest BCUT2D eigenvalue weighted by atomic mass is 16.5. The molecule has 0 aliphatic carbocycles. The third kappa shape index (κ3) is 6.22. The largest absolute Gasteiger partial charge is 0.475 e. The van der Waals surface area contributed by atoms with Crippen LogP contribution >= 0.6 is 0 Å². The van der Waals surface area contributed by atoms with Crippen molar-refractivity contribution < 1.29 is 18.7 Å². The summed E-state index contributed by atoms with van der Waals surface area (Å²) in [6, 6.07) is 17.5. The van der Waals surface area contributed by atoms with Crippen LogP contribution in [0.2, 0.25) is 0 Å². The van der Waals surface area contributed by atoms with Crippen LogP contribution in [0.5, 0.6) is 5.88 Å². The number of fused-ring (bicyclic) bond motifs is 1. The number of H-pyrrole nitrogens is 1. The van der Waals surface area contributed by atoms with Crippen LogP contribution in [0.3, 0.4) is 0 Å². The van der Waals surface area contributed by atoms with Crippen molar-refractivity contribution in [3.05, 3.63) is 83.0 Å². The second-order valence-corrected chi connectivity index (χ2v) is 14.0. The molecule has 2 aromatic carbocycles. The van der Waals surface area contributed by atoms with Crippen molar-refractivity contribution in [2.45, 2.75) is 39.2 Å². The van der Waals surface area contributed by atoms with Crippen LogP contribution < -0.4 is 15.4 Å². The average Bonchev–Trinajstić information content (AvgIpc) is 3.91. The molecule has 0 unspecified atom stereocenters. The zero-order valence-electron chi connectivity index (χ0n) is 29.0. The van der Waals surface area contributed by atoms with Crippen LogP contribution in [-0.4, -0.2) is 91.9 Å². The Bertz CT molecular complexity index is 2200. The monoisotopic (exact) mass is 688 g/mol. The van der Waals surface area contributed by atoms with Gasteiger partial charge in [0.25, 0.3) is 0 Å². The lowest BCUT2D eigenvalue weighted by Crippen LogP contribution is -2.43. The average molecular weight is 689 g/mol.